The molecule has 0 aromatic heterocycles. The Kier molecular flexibility index (Phi) is 6.46. The SMILES string of the molecule is Cc1ccc(S(=O)(=O)Nc2ccc(C(=O)NN=Cc3cccc(Br)c3)cc2)cc1. The first kappa shape index (κ1) is 20.8. The Morgan fingerprint density at radius 1 is 1.00 bits per heavy atom. The van der Waals surface area contributed by atoms with E-state index < -0.39 is 15.9 Å². The maximum Gasteiger partial charge on any atom is 0.271 e. The van der Waals surface area contributed by atoms with Gasteiger partial charge >= 0.3 is 0 Å². The van der Waals surface area contributed by atoms with Gasteiger partial charge in [-0.1, -0.05) is 45.8 Å². The number of carbonyl (C=O) groups excluding carboxylic acids is 1. The van der Waals surface area contributed by atoms with Crippen LogP contribution in [0.25, 0.3) is 0 Å². The first-order chi connectivity index (χ1) is 13.8. The maximum atomic E-state index is 12.4. The minimum atomic E-state index is -3.69. The van der Waals surface area contributed by atoms with Crippen LogP contribution in [0.3, 0.4) is 0 Å². The molecule has 0 saturated heterocycles. The van der Waals surface area contributed by atoms with E-state index in [2.05, 4.69) is 31.2 Å². The molecular weight excluding hydrogens is 454 g/mol. The molecule has 0 unspecified atom stereocenters. The molecule has 1 amide bonds. The number of halogens is 1. The summed E-state index contributed by atoms with van der Waals surface area (Å²) in [6.07, 6.45) is 1.53. The van der Waals surface area contributed by atoms with Gasteiger partial charge in [0.1, 0.15) is 0 Å². The highest BCUT2D eigenvalue weighted by Gasteiger charge is 2.14. The lowest BCUT2D eigenvalue weighted by atomic mass is 10.2. The lowest BCUT2D eigenvalue weighted by Gasteiger charge is -2.09. The Morgan fingerprint density at radius 3 is 2.34 bits per heavy atom. The molecule has 0 spiro atoms. The fraction of sp³-hybridized carbons (Fsp3) is 0.0476. The van der Waals surface area contributed by atoms with Crippen molar-refractivity contribution in [2.45, 2.75) is 11.8 Å². The monoisotopic (exact) mass is 471 g/mol. The zero-order valence-corrected chi connectivity index (χ0v) is 17.9. The molecule has 0 radical (unpaired) electrons. The smallest absolute Gasteiger partial charge is 0.271 e. The first-order valence-corrected chi connectivity index (χ1v) is 10.9. The second-order valence-electron chi connectivity index (χ2n) is 6.25. The summed E-state index contributed by atoms with van der Waals surface area (Å²) in [5, 5.41) is 3.93. The average molecular weight is 472 g/mol. The predicted octanol–water partition coefficient (Wildman–Crippen LogP) is 4.32. The quantitative estimate of drug-likeness (QED) is 0.414. The standard InChI is InChI=1S/C21H18BrN3O3S/c1-15-5-11-20(12-6-15)29(27,28)25-19-9-7-17(8-10-19)21(26)24-23-14-16-3-2-4-18(22)13-16/h2-14,25H,1H3,(H,24,26). The number of hydrazone groups is 1. The predicted molar refractivity (Wildman–Crippen MR) is 118 cm³/mol. The number of anilines is 1. The Hall–Kier alpha value is -2.97. The van der Waals surface area contributed by atoms with Crippen molar-refractivity contribution in [3.8, 4) is 0 Å². The second kappa shape index (κ2) is 9.02. The van der Waals surface area contributed by atoms with Gasteiger partial charge < -0.3 is 0 Å². The van der Waals surface area contributed by atoms with E-state index in [1.165, 1.54) is 30.5 Å². The van der Waals surface area contributed by atoms with E-state index in [1.54, 1.807) is 24.3 Å². The van der Waals surface area contributed by atoms with E-state index in [-0.39, 0.29) is 4.90 Å². The summed E-state index contributed by atoms with van der Waals surface area (Å²) in [4.78, 5) is 12.4. The topological polar surface area (TPSA) is 87.6 Å². The third-order valence-corrected chi connectivity index (χ3v) is 5.85. The zero-order valence-electron chi connectivity index (χ0n) is 15.5. The molecule has 0 heterocycles. The van der Waals surface area contributed by atoms with Gasteiger partial charge in [-0.25, -0.2) is 13.8 Å². The highest BCUT2D eigenvalue weighted by molar-refractivity contribution is 9.10. The van der Waals surface area contributed by atoms with Crippen LogP contribution in [0.15, 0.2) is 87.3 Å². The Bertz CT molecular complexity index is 1140. The lowest BCUT2D eigenvalue weighted by Crippen LogP contribution is -2.18. The number of nitrogens with zero attached hydrogens (tertiary/aromatic N) is 1. The van der Waals surface area contributed by atoms with Crippen LogP contribution >= 0.6 is 15.9 Å². The van der Waals surface area contributed by atoms with Gasteiger partial charge in [0.15, 0.2) is 0 Å². The van der Waals surface area contributed by atoms with Crippen molar-refractivity contribution in [3.05, 3.63) is 94.0 Å². The molecule has 148 valence electrons. The van der Waals surface area contributed by atoms with Crippen LogP contribution in [-0.4, -0.2) is 20.5 Å². The lowest BCUT2D eigenvalue weighted by molar-refractivity contribution is 0.0955. The highest BCUT2D eigenvalue weighted by Crippen LogP contribution is 2.17. The Balaban J connectivity index is 1.63. The van der Waals surface area contributed by atoms with Crippen LogP contribution in [0.4, 0.5) is 5.69 Å². The molecular formula is C21H18BrN3O3S. The van der Waals surface area contributed by atoms with Gasteiger partial charge in [-0.05, 0) is 61.0 Å². The van der Waals surface area contributed by atoms with Crippen molar-refractivity contribution in [3.63, 3.8) is 0 Å². The van der Waals surface area contributed by atoms with Gasteiger partial charge in [-0.15, -0.1) is 0 Å². The third kappa shape index (κ3) is 5.75. The van der Waals surface area contributed by atoms with Gasteiger partial charge in [-0.2, -0.15) is 5.10 Å². The summed E-state index contributed by atoms with van der Waals surface area (Å²) in [6.45, 7) is 1.89. The molecule has 6 nitrogen and oxygen atoms in total. The molecule has 0 aliphatic heterocycles. The highest BCUT2D eigenvalue weighted by atomic mass is 79.9. The van der Waals surface area contributed by atoms with E-state index in [1.807, 2.05) is 31.2 Å². The molecule has 0 aliphatic carbocycles. The summed E-state index contributed by atoms with van der Waals surface area (Å²) in [7, 11) is -3.69. The molecule has 0 bridgehead atoms. The molecule has 0 atom stereocenters. The van der Waals surface area contributed by atoms with E-state index in [0.717, 1.165) is 15.6 Å². The summed E-state index contributed by atoms with van der Waals surface area (Å²) < 4.78 is 28.2. The summed E-state index contributed by atoms with van der Waals surface area (Å²) >= 11 is 3.37. The second-order valence-corrected chi connectivity index (χ2v) is 8.85. The molecule has 3 aromatic rings. The molecule has 8 heteroatoms. The maximum absolute atomic E-state index is 12.4. The number of carbonyl (C=O) groups is 1. The fourth-order valence-electron chi connectivity index (χ4n) is 2.44. The minimum Gasteiger partial charge on any atom is -0.280 e. The fourth-order valence-corrected chi connectivity index (χ4v) is 3.91. The van der Waals surface area contributed by atoms with Gasteiger partial charge in [0.25, 0.3) is 15.9 Å². The minimum absolute atomic E-state index is 0.173. The van der Waals surface area contributed by atoms with Gasteiger partial charge in [-0.3, -0.25) is 9.52 Å². The van der Waals surface area contributed by atoms with Crippen LogP contribution in [0.5, 0.6) is 0 Å². The van der Waals surface area contributed by atoms with Crippen molar-refractivity contribution in [2.24, 2.45) is 5.10 Å². The molecule has 0 aliphatic rings. The van der Waals surface area contributed by atoms with Crippen molar-refractivity contribution in [1.29, 1.82) is 0 Å². The average Bonchev–Trinajstić information content (AvgIpc) is 2.68. The van der Waals surface area contributed by atoms with Gasteiger partial charge in [0.2, 0.25) is 0 Å². The van der Waals surface area contributed by atoms with Crippen molar-refractivity contribution in [2.75, 3.05) is 4.72 Å². The molecule has 3 aromatic carbocycles. The molecule has 2 N–H and O–H groups in total. The summed E-state index contributed by atoms with van der Waals surface area (Å²) in [6, 6.07) is 20.1. The molecule has 29 heavy (non-hydrogen) atoms. The Labute approximate surface area is 177 Å². The van der Waals surface area contributed by atoms with E-state index in [0.29, 0.717) is 11.3 Å². The number of aryl methyl sites for hydroxylation is 1. The molecule has 0 saturated carbocycles. The van der Waals surface area contributed by atoms with Crippen LogP contribution in [-0.2, 0) is 10.0 Å². The number of amides is 1. The van der Waals surface area contributed by atoms with Crippen molar-refractivity contribution >= 4 is 43.8 Å². The van der Waals surface area contributed by atoms with Crippen LogP contribution in [0.1, 0.15) is 21.5 Å². The zero-order chi connectivity index (χ0) is 20.9. The van der Waals surface area contributed by atoms with E-state index in [4.69, 9.17) is 0 Å². The third-order valence-electron chi connectivity index (χ3n) is 3.96. The van der Waals surface area contributed by atoms with Crippen LogP contribution in [0, 0.1) is 6.92 Å². The summed E-state index contributed by atoms with van der Waals surface area (Å²) in [5.41, 5.74) is 4.97. The Morgan fingerprint density at radius 2 is 1.69 bits per heavy atom. The molecule has 3 rings (SSSR count). The first-order valence-electron chi connectivity index (χ1n) is 8.62. The van der Waals surface area contributed by atoms with Crippen molar-refractivity contribution < 1.29 is 13.2 Å². The van der Waals surface area contributed by atoms with Gasteiger partial charge in [0, 0.05) is 15.7 Å². The normalized spacial score (nSPS) is 11.4. The van der Waals surface area contributed by atoms with Crippen molar-refractivity contribution in [1.82, 2.24) is 5.43 Å². The number of hydrogen-bond donors (Lipinski definition) is 2. The number of rotatable bonds is 6. The number of benzene rings is 3. The van der Waals surface area contributed by atoms with E-state index in [9.17, 15) is 13.2 Å². The van der Waals surface area contributed by atoms with Crippen LogP contribution in [0.2, 0.25) is 0 Å². The van der Waals surface area contributed by atoms with Gasteiger partial charge in [0.05, 0.1) is 11.1 Å². The number of sulfonamides is 1. The number of hydrogen-bond acceptors (Lipinski definition) is 4. The number of nitrogens with one attached hydrogen (secondary N) is 2. The van der Waals surface area contributed by atoms with Crippen LogP contribution < -0.4 is 10.1 Å². The largest absolute Gasteiger partial charge is 0.280 e. The van der Waals surface area contributed by atoms with E-state index >= 15 is 0 Å². The summed E-state index contributed by atoms with van der Waals surface area (Å²) in [5.74, 6) is -0.399. The molecule has 0 fully saturated rings.